The molecular formula is C25H31FN6O4S. The summed E-state index contributed by atoms with van der Waals surface area (Å²) in [5.41, 5.74) is 1.36. The van der Waals surface area contributed by atoms with Gasteiger partial charge in [0.25, 0.3) is 0 Å². The molecule has 0 unspecified atom stereocenters. The Morgan fingerprint density at radius 3 is 2.51 bits per heavy atom. The number of halogens is 1. The van der Waals surface area contributed by atoms with Crippen LogP contribution < -0.4 is 20.1 Å². The van der Waals surface area contributed by atoms with Crippen molar-refractivity contribution in [3.05, 3.63) is 60.5 Å². The molecule has 2 aromatic carbocycles. The summed E-state index contributed by atoms with van der Waals surface area (Å²) in [5, 5.41) is 5.91. The second-order valence-electron chi connectivity index (χ2n) is 8.43. The normalized spacial score (nSPS) is 14.2. The van der Waals surface area contributed by atoms with Crippen molar-refractivity contribution >= 4 is 38.9 Å². The number of anilines is 5. The van der Waals surface area contributed by atoms with Crippen LogP contribution in [0.15, 0.2) is 54.7 Å². The van der Waals surface area contributed by atoms with Crippen LogP contribution in [-0.4, -0.2) is 68.5 Å². The molecule has 1 aliphatic heterocycles. The molecule has 3 N–H and O–H groups in total. The van der Waals surface area contributed by atoms with E-state index in [1.807, 2.05) is 24.3 Å². The molecule has 198 valence electrons. The molecule has 0 radical (unpaired) electrons. The quantitative estimate of drug-likeness (QED) is 0.320. The van der Waals surface area contributed by atoms with Crippen molar-refractivity contribution < 1.29 is 22.3 Å². The highest BCUT2D eigenvalue weighted by Gasteiger charge is 2.14. The molecule has 37 heavy (non-hydrogen) atoms. The predicted octanol–water partition coefficient (Wildman–Crippen LogP) is 3.97. The molecule has 0 amide bonds. The van der Waals surface area contributed by atoms with Crippen molar-refractivity contribution in [3.8, 4) is 5.75 Å². The standard InChI is InChI=1S/C25H31FN6O4S/c1-2-17-37(33,34)31-23-6-4-3-5-22(23)29-24-21(26)18-27-25(30-24)28-19-7-9-20(10-8-19)36-16-13-32-11-14-35-15-12-32/h3-10,18,31H,2,11-17H2,1H3,(H2,27,28,29,30). The average Bonchev–Trinajstić information content (AvgIpc) is 2.89. The van der Waals surface area contributed by atoms with Crippen LogP contribution in [0.5, 0.6) is 5.75 Å². The maximum Gasteiger partial charge on any atom is 0.232 e. The fourth-order valence-corrected chi connectivity index (χ4v) is 4.84. The van der Waals surface area contributed by atoms with E-state index < -0.39 is 15.8 Å². The summed E-state index contributed by atoms with van der Waals surface area (Å²) in [6.45, 7) is 6.55. The summed E-state index contributed by atoms with van der Waals surface area (Å²) in [7, 11) is -3.52. The molecule has 1 aliphatic rings. The highest BCUT2D eigenvalue weighted by molar-refractivity contribution is 7.92. The number of nitrogens with zero attached hydrogens (tertiary/aromatic N) is 3. The van der Waals surface area contributed by atoms with Gasteiger partial charge in [-0.25, -0.2) is 17.8 Å². The third-order valence-corrected chi connectivity index (χ3v) is 7.03. The van der Waals surface area contributed by atoms with E-state index in [0.717, 1.165) is 44.8 Å². The van der Waals surface area contributed by atoms with Crippen LogP contribution in [0.2, 0.25) is 0 Å². The monoisotopic (exact) mass is 530 g/mol. The van der Waals surface area contributed by atoms with E-state index in [0.29, 0.717) is 30.1 Å². The predicted molar refractivity (Wildman–Crippen MR) is 142 cm³/mol. The Morgan fingerprint density at radius 2 is 1.78 bits per heavy atom. The molecule has 2 heterocycles. The number of benzene rings is 2. The largest absolute Gasteiger partial charge is 0.492 e. The summed E-state index contributed by atoms with van der Waals surface area (Å²) < 4.78 is 52.7. The lowest BCUT2D eigenvalue weighted by Gasteiger charge is -2.26. The number of hydrogen-bond donors (Lipinski definition) is 3. The van der Waals surface area contributed by atoms with Gasteiger partial charge in [-0.05, 0) is 42.8 Å². The number of para-hydroxylation sites is 2. The first kappa shape index (κ1) is 26.6. The van der Waals surface area contributed by atoms with Gasteiger partial charge >= 0.3 is 0 Å². The summed E-state index contributed by atoms with van der Waals surface area (Å²) in [6.07, 6.45) is 1.52. The third kappa shape index (κ3) is 8.00. The Labute approximate surface area is 216 Å². The Bertz CT molecular complexity index is 1270. The van der Waals surface area contributed by atoms with Gasteiger partial charge in [-0.2, -0.15) is 4.98 Å². The van der Waals surface area contributed by atoms with Crippen LogP contribution in [0.4, 0.5) is 33.2 Å². The lowest BCUT2D eigenvalue weighted by Crippen LogP contribution is -2.38. The second-order valence-corrected chi connectivity index (χ2v) is 10.3. The summed E-state index contributed by atoms with van der Waals surface area (Å²) in [4.78, 5) is 10.5. The summed E-state index contributed by atoms with van der Waals surface area (Å²) in [6, 6.07) is 13.9. The lowest BCUT2D eigenvalue weighted by atomic mass is 10.2. The zero-order valence-electron chi connectivity index (χ0n) is 20.6. The van der Waals surface area contributed by atoms with Crippen LogP contribution in [0.25, 0.3) is 0 Å². The van der Waals surface area contributed by atoms with E-state index >= 15 is 0 Å². The number of nitrogens with one attached hydrogen (secondary N) is 3. The van der Waals surface area contributed by atoms with Gasteiger partial charge in [-0.1, -0.05) is 19.1 Å². The van der Waals surface area contributed by atoms with Gasteiger partial charge in [-0.3, -0.25) is 9.62 Å². The van der Waals surface area contributed by atoms with Gasteiger partial charge in [0, 0.05) is 25.3 Å². The Kier molecular flexibility index (Phi) is 9.09. The number of sulfonamides is 1. The van der Waals surface area contributed by atoms with E-state index in [9.17, 15) is 12.8 Å². The molecule has 1 aromatic heterocycles. The van der Waals surface area contributed by atoms with Crippen LogP contribution in [0, 0.1) is 5.82 Å². The first-order valence-electron chi connectivity index (χ1n) is 12.1. The molecule has 0 saturated carbocycles. The van der Waals surface area contributed by atoms with Gasteiger partial charge < -0.3 is 20.1 Å². The molecule has 4 rings (SSSR count). The first-order valence-corrected chi connectivity index (χ1v) is 13.8. The van der Waals surface area contributed by atoms with Crippen molar-refractivity contribution in [3.63, 3.8) is 0 Å². The molecule has 12 heteroatoms. The molecule has 1 saturated heterocycles. The van der Waals surface area contributed by atoms with Crippen molar-refractivity contribution in [2.75, 3.05) is 60.6 Å². The van der Waals surface area contributed by atoms with Gasteiger partial charge in [0.15, 0.2) is 11.6 Å². The minimum absolute atomic E-state index is 0.0189. The minimum Gasteiger partial charge on any atom is -0.492 e. The van der Waals surface area contributed by atoms with E-state index in [1.54, 1.807) is 31.2 Å². The average molecular weight is 531 g/mol. The number of rotatable bonds is 12. The molecule has 1 fully saturated rings. The topological polar surface area (TPSA) is 118 Å². The maximum atomic E-state index is 14.5. The van der Waals surface area contributed by atoms with Gasteiger partial charge in [0.2, 0.25) is 16.0 Å². The molecule has 0 aliphatic carbocycles. The lowest BCUT2D eigenvalue weighted by molar-refractivity contribution is 0.0322. The van der Waals surface area contributed by atoms with Gasteiger partial charge in [0.1, 0.15) is 12.4 Å². The van der Waals surface area contributed by atoms with E-state index in [1.165, 1.54) is 0 Å². The second kappa shape index (κ2) is 12.7. The molecule has 3 aromatic rings. The third-order valence-electron chi connectivity index (χ3n) is 5.55. The highest BCUT2D eigenvalue weighted by Crippen LogP contribution is 2.27. The number of hydrogen-bond acceptors (Lipinski definition) is 9. The summed E-state index contributed by atoms with van der Waals surface area (Å²) >= 11 is 0. The van der Waals surface area contributed by atoms with Crippen molar-refractivity contribution in [1.29, 1.82) is 0 Å². The number of ether oxygens (including phenoxy) is 2. The summed E-state index contributed by atoms with van der Waals surface area (Å²) in [5.74, 6) is 0.121. The molecule has 0 spiro atoms. The van der Waals surface area contributed by atoms with Crippen LogP contribution in [0.1, 0.15) is 13.3 Å². The van der Waals surface area contributed by atoms with E-state index in [2.05, 4.69) is 30.2 Å². The molecule has 0 atom stereocenters. The minimum atomic E-state index is -3.52. The Balaban J connectivity index is 1.38. The molecule has 10 nitrogen and oxygen atoms in total. The van der Waals surface area contributed by atoms with Crippen molar-refractivity contribution in [2.24, 2.45) is 0 Å². The van der Waals surface area contributed by atoms with Crippen LogP contribution in [-0.2, 0) is 14.8 Å². The number of morpholine rings is 1. The van der Waals surface area contributed by atoms with E-state index in [4.69, 9.17) is 9.47 Å². The first-order chi connectivity index (χ1) is 17.9. The van der Waals surface area contributed by atoms with Gasteiger partial charge in [0.05, 0.1) is 36.5 Å². The fourth-order valence-electron chi connectivity index (χ4n) is 3.69. The van der Waals surface area contributed by atoms with Gasteiger partial charge in [-0.15, -0.1) is 0 Å². The zero-order chi connectivity index (χ0) is 26.1. The number of aromatic nitrogens is 2. The maximum absolute atomic E-state index is 14.5. The van der Waals surface area contributed by atoms with Crippen molar-refractivity contribution in [2.45, 2.75) is 13.3 Å². The molecular weight excluding hydrogens is 499 g/mol. The fraction of sp³-hybridized carbons (Fsp3) is 0.360. The Morgan fingerprint density at radius 1 is 1.05 bits per heavy atom. The smallest absolute Gasteiger partial charge is 0.232 e. The highest BCUT2D eigenvalue weighted by atomic mass is 32.2. The van der Waals surface area contributed by atoms with Crippen LogP contribution >= 0.6 is 0 Å². The zero-order valence-corrected chi connectivity index (χ0v) is 21.4. The SMILES string of the molecule is CCCS(=O)(=O)Nc1ccccc1Nc1nc(Nc2ccc(OCCN3CCOCC3)cc2)ncc1F. The van der Waals surface area contributed by atoms with Crippen LogP contribution in [0.3, 0.4) is 0 Å². The van der Waals surface area contributed by atoms with Crippen molar-refractivity contribution in [1.82, 2.24) is 14.9 Å². The van der Waals surface area contributed by atoms with E-state index in [-0.39, 0.29) is 17.5 Å². The molecule has 0 bridgehead atoms. The Hall–Kier alpha value is -3.48.